The Hall–Kier alpha value is -2.90. The number of para-hydroxylation sites is 1. The fourth-order valence-electron chi connectivity index (χ4n) is 6.44. The molecule has 1 amide bonds. The summed E-state index contributed by atoms with van der Waals surface area (Å²) in [7, 11) is 0. The number of pyridine rings is 2. The first-order valence-electron chi connectivity index (χ1n) is 14.6. The van der Waals surface area contributed by atoms with Crippen LogP contribution in [-0.2, 0) is 24.3 Å². The molecule has 1 aliphatic heterocycles. The molecular weight excluding hydrogens is 502 g/mol. The van der Waals surface area contributed by atoms with E-state index in [2.05, 4.69) is 58.9 Å². The fourth-order valence-corrected chi connectivity index (χ4v) is 7.35. The Labute approximate surface area is 235 Å². The highest BCUT2D eigenvalue weighted by Gasteiger charge is 2.29. The average Bonchev–Trinajstić information content (AvgIpc) is 3.31. The van der Waals surface area contributed by atoms with Gasteiger partial charge in [-0.05, 0) is 56.0 Å². The quantitative estimate of drug-likeness (QED) is 0.235. The SMILES string of the molecule is CCCCCN(Cc1nccc2c3ccccc3n(CC(=O)N3CCSCC3)c12)[C@H]1CCCc2cccnc21. The first kappa shape index (κ1) is 26.3. The van der Waals surface area contributed by atoms with Gasteiger partial charge in [-0.1, -0.05) is 44.0 Å². The second-order valence-corrected chi connectivity index (χ2v) is 12.1. The van der Waals surface area contributed by atoms with Crippen LogP contribution in [0.3, 0.4) is 0 Å². The summed E-state index contributed by atoms with van der Waals surface area (Å²) in [5, 5.41) is 2.38. The molecule has 204 valence electrons. The Balaban J connectivity index is 1.40. The van der Waals surface area contributed by atoms with E-state index in [9.17, 15) is 4.79 Å². The number of unbranched alkanes of at least 4 members (excludes halogenated alkanes) is 2. The van der Waals surface area contributed by atoms with E-state index in [-0.39, 0.29) is 5.91 Å². The van der Waals surface area contributed by atoms with E-state index in [1.54, 1.807) is 0 Å². The molecule has 2 aliphatic rings. The largest absolute Gasteiger partial charge is 0.339 e. The smallest absolute Gasteiger partial charge is 0.242 e. The molecule has 6 rings (SSSR count). The van der Waals surface area contributed by atoms with Gasteiger partial charge in [-0.15, -0.1) is 0 Å². The van der Waals surface area contributed by atoms with Gasteiger partial charge in [0.05, 0.1) is 22.9 Å². The molecule has 39 heavy (non-hydrogen) atoms. The van der Waals surface area contributed by atoms with E-state index in [0.29, 0.717) is 12.6 Å². The number of hydrogen-bond donors (Lipinski definition) is 0. The van der Waals surface area contributed by atoms with Crippen LogP contribution in [0.15, 0.2) is 54.9 Å². The van der Waals surface area contributed by atoms with Gasteiger partial charge in [-0.2, -0.15) is 11.8 Å². The summed E-state index contributed by atoms with van der Waals surface area (Å²) in [5.74, 6) is 2.25. The van der Waals surface area contributed by atoms with Gasteiger partial charge in [0, 0.05) is 59.8 Å². The van der Waals surface area contributed by atoms with E-state index in [4.69, 9.17) is 9.97 Å². The molecule has 0 spiro atoms. The number of carbonyl (C=O) groups excluding carboxylic acids is 1. The van der Waals surface area contributed by atoms with Gasteiger partial charge in [-0.3, -0.25) is 19.7 Å². The van der Waals surface area contributed by atoms with Crippen LogP contribution in [-0.4, -0.2) is 61.4 Å². The van der Waals surface area contributed by atoms with Crippen molar-refractivity contribution in [2.75, 3.05) is 31.1 Å². The highest BCUT2D eigenvalue weighted by molar-refractivity contribution is 7.99. The molecule has 1 aromatic carbocycles. The number of carbonyl (C=O) groups is 1. The molecule has 4 aromatic rings. The monoisotopic (exact) mass is 541 g/mol. The van der Waals surface area contributed by atoms with Gasteiger partial charge in [0.25, 0.3) is 0 Å². The van der Waals surface area contributed by atoms with Crippen molar-refractivity contribution >= 4 is 39.5 Å². The van der Waals surface area contributed by atoms with Crippen molar-refractivity contribution in [3.05, 3.63) is 71.8 Å². The lowest BCUT2D eigenvalue weighted by Gasteiger charge is -2.35. The molecule has 0 unspecified atom stereocenters. The first-order valence-corrected chi connectivity index (χ1v) is 15.8. The maximum Gasteiger partial charge on any atom is 0.242 e. The Morgan fingerprint density at radius 1 is 1.03 bits per heavy atom. The molecule has 6 nitrogen and oxygen atoms in total. The van der Waals surface area contributed by atoms with Crippen LogP contribution < -0.4 is 0 Å². The Morgan fingerprint density at radius 3 is 2.77 bits per heavy atom. The number of hydrogen-bond acceptors (Lipinski definition) is 5. The van der Waals surface area contributed by atoms with Crippen LogP contribution in [0.1, 0.15) is 62.0 Å². The van der Waals surface area contributed by atoms with Crippen LogP contribution in [0.5, 0.6) is 0 Å². The third kappa shape index (κ3) is 5.44. The van der Waals surface area contributed by atoms with Crippen molar-refractivity contribution in [1.29, 1.82) is 0 Å². The first-order chi connectivity index (χ1) is 19.2. The summed E-state index contributed by atoms with van der Waals surface area (Å²) in [6.07, 6.45) is 10.9. The number of amides is 1. The van der Waals surface area contributed by atoms with Crippen molar-refractivity contribution in [2.45, 2.75) is 64.6 Å². The van der Waals surface area contributed by atoms with E-state index < -0.39 is 0 Å². The normalized spacial score (nSPS) is 17.7. The van der Waals surface area contributed by atoms with Crippen LogP contribution in [0.25, 0.3) is 21.8 Å². The third-order valence-electron chi connectivity index (χ3n) is 8.42. The van der Waals surface area contributed by atoms with Crippen LogP contribution in [0.4, 0.5) is 0 Å². The lowest BCUT2D eigenvalue weighted by atomic mass is 9.90. The van der Waals surface area contributed by atoms with Crippen LogP contribution in [0, 0.1) is 0 Å². The van der Waals surface area contributed by atoms with Crippen molar-refractivity contribution in [2.24, 2.45) is 0 Å². The maximum atomic E-state index is 13.5. The van der Waals surface area contributed by atoms with Gasteiger partial charge in [0.2, 0.25) is 5.91 Å². The fraction of sp³-hybridized carbons (Fsp3) is 0.469. The molecule has 1 fully saturated rings. The van der Waals surface area contributed by atoms with Gasteiger partial charge in [-0.25, -0.2) is 0 Å². The van der Waals surface area contributed by atoms with E-state index in [0.717, 1.165) is 67.3 Å². The summed E-state index contributed by atoms with van der Waals surface area (Å²) in [5.41, 5.74) is 5.91. The number of aryl methyl sites for hydroxylation is 1. The van der Waals surface area contributed by atoms with E-state index in [1.165, 1.54) is 47.7 Å². The van der Waals surface area contributed by atoms with Gasteiger partial charge < -0.3 is 9.47 Å². The molecule has 3 aromatic heterocycles. The summed E-state index contributed by atoms with van der Waals surface area (Å²) in [4.78, 5) is 28.0. The standard InChI is InChI=1S/C32H39N5OS/c1-2-3-6-17-36(29-13-7-9-24-10-8-15-34-31(24)29)22-27-32-26(14-16-33-27)25-11-4-5-12-28(25)37(32)23-30(38)35-18-20-39-21-19-35/h4-5,8,10-12,14-16,29H,2-3,6-7,9,13,17-23H2,1H3/t29-/m0/s1. The van der Waals surface area contributed by atoms with Crippen LogP contribution in [0.2, 0.25) is 0 Å². The molecule has 0 N–H and O–H groups in total. The zero-order chi connectivity index (χ0) is 26.6. The minimum atomic E-state index is 0.206. The molecule has 1 atom stereocenters. The number of thioether (sulfide) groups is 1. The predicted molar refractivity (Wildman–Crippen MR) is 161 cm³/mol. The molecule has 4 heterocycles. The average molecular weight is 542 g/mol. The molecule has 0 saturated carbocycles. The van der Waals surface area contributed by atoms with Gasteiger partial charge in [0.1, 0.15) is 6.54 Å². The van der Waals surface area contributed by atoms with E-state index in [1.807, 2.05) is 29.1 Å². The highest BCUT2D eigenvalue weighted by atomic mass is 32.2. The number of nitrogens with zero attached hydrogens (tertiary/aromatic N) is 5. The van der Waals surface area contributed by atoms with Crippen molar-refractivity contribution in [3.8, 4) is 0 Å². The zero-order valence-electron chi connectivity index (χ0n) is 23.0. The van der Waals surface area contributed by atoms with Crippen molar-refractivity contribution in [1.82, 2.24) is 24.3 Å². The molecule has 7 heteroatoms. The third-order valence-corrected chi connectivity index (χ3v) is 9.36. The molecule has 0 radical (unpaired) electrons. The van der Waals surface area contributed by atoms with Crippen LogP contribution >= 0.6 is 11.8 Å². The molecule has 0 bridgehead atoms. The van der Waals surface area contributed by atoms with Crippen molar-refractivity contribution < 1.29 is 4.79 Å². The number of rotatable bonds is 9. The summed E-state index contributed by atoms with van der Waals surface area (Å²) < 4.78 is 2.24. The number of fused-ring (bicyclic) bond motifs is 4. The lowest BCUT2D eigenvalue weighted by molar-refractivity contribution is -0.131. The summed E-state index contributed by atoms with van der Waals surface area (Å²) in [6.45, 7) is 6.08. The summed E-state index contributed by atoms with van der Waals surface area (Å²) >= 11 is 1.93. The second-order valence-electron chi connectivity index (χ2n) is 10.9. The minimum Gasteiger partial charge on any atom is -0.339 e. The molecule has 1 aliphatic carbocycles. The van der Waals surface area contributed by atoms with Gasteiger partial charge in [0.15, 0.2) is 0 Å². The molecular formula is C32H39N5OS. The Kier molecular flexibility index (Phi) is 8.16. The topological polar surface area (TPSA) is 54.3 Å². The minimum absolute atomic E-state index is 0.206. The number of aromatic nitrogens is 3. The summed E-state index contributed by atoms with van der Waals surface area (Å²) in [6, 6.07) is 15.2. The second kappa shape index (κ2) is 12.1. The lowest BCUT2D eigenvalue weighted by Crippen LogP contribution is -2.39. The zero-order valence-corrected chi connectivity index (χ0v) is 23.8. The highest BCUT2D eigenvalue weighted by Crippen LogP contribution is 2.36. The Bertz CT molecular complexity index is 1440. The van der Waals surface area contributed by atoms with Gasteiger partial charge >= 0.3 is 0 Å². The van der Waals surface area contributed by atoms with Crippen molar-refractivity contribution in [3.63, 3.8) is 0 Å². The maximum absolute atomic E-state index is 13.5. The Morgan fingerprint density at radius 2 is 1.90 bits per heavy atom. The number of benzene rings is 1. The molecule has 1 saturated heterocycles. The van der Waals surface area contributed by atoms with E-state index >= 15 is 0 Å². The predicted octanol–water partition coefficient (Wildman–Crippen LogP) is 6.23.